The Hall–Kier alpha value is -2.59. The molecular formula is C18H15F7N2O6. The van der Waals surface area contributed by atoms with E-state index in [1.54, 1.807) is 0 Å². The SMILES string of the molecule is OC[C@H]1O[C@H](Oc2c(F)cc(-c3cnc(C(F)(F)F)cn3)cc2C(F)(F)F)[C@@H](O)[C@@H](O)[C@@H]1O. The summed E-state index contributed by atoms with van der Waals surface area (Å²) in [6.45, 7) is -0.912. The van der Waals surface area contributed by atoms with Gasteiger partial charge in [-0.1, -0.05) is 0 Å². The Morgan fingerprint density at radius 2 is 1.58 bits per heavy atom. The molecule has 5 atom stereocenters. The fourth-order valence-electron chi connectivity index (χ4n) is 2.98. The number of rotatable bonds is 4. The van der Waals surface area contributed by atoms with Crippen molar-refractivity contribution in [3.05, 3.63) is 41.6 Å². The maximum absolute atomic E-state index is 14.7. The molecule has 1 saturated heterocycles. The zero-order valence-corrected chi connectivity index (χ0v) is 16.0. The van der Waals surface area contributed by atoms with Crippen LogP contribution in [0.15, 0.2) is 24.5 Å². The van der Waals surface area contributed by atoms with Crippen molar-refractivity contribution in [3.8, 4) is 17.0 Å². The second kappa shape index (κ2) is 8.98. The Morgan fingerprint density at radius 3 is 2.09 bits per heavy atom. The molecule has 1 aromatic carbocycles. The molecule has 0 spiro atoms. The van der Waals surface area contributed by atoms with Crippen LogP contribution in [-0.4, -0.2) is 67.7 Å². The molecule has 1 fully saturated rings. The minimum absolute atomic E-state index is 0.263. The molecule has 2 heterocycles. The number of halogens is 7. The zero-order valence-electron chi connectivity index (χ0n) is 16.0. The van der Waals surface area contributed by atoms with Gasteiger partial charge in [-0.2, -0.15) is 26.3 Å². The second-order valence-corrected chi connectivity index (χ2v) is 6.93. The maximum Gasteiger partial charge on any atom is 0.434 e. The Balaban J connectivity index is 2.00. The van der Waals surface area contributed by atoms with E-state index in [1.165, 1.54) is 0 Å². The number of aromatic nitrogens is 2. The molecule has 0 radical (unpaired) electrons. The van der Waals surface area contributed by atoms with Crippen molar-refractivity contribution in [3.63, 3.8) is 0 Å². The highest BCUT2D eigenvalue weighted by Gasteiger charge is 2.46. The molecule has 2 aromatic rings. The first kappa shape index (κ1) is 25.0. The van der Waals surface area contributed by atoms with Gasteiger partial charge in [0.1, 0.15) is 30.0 Å². The van der Waals surface area contributed by atoms with Crippen molar-refractivity contribution in [1.29, 1.82) is 0 Å². The largest absolute Gasteiger partial charge is 0.458 e. The van der Waals surface area contributed by atoms with Gasteiger partial charge >= 0.3 is 12.4 Å². The van der Waals surface area contributed by atoms with Crippen LogP contribution in [-0.2, 0) is 17.1 Å². The predicted octanol–water partition coefficient (Wildman–Crippen LogP) is 1.50. The van der Waals surface area contributed by atoms with Crippen LogP contribution in [0.5, 0.6) is 5.75 Å². The standard InChI is InChI=1S/C18H15F7N2O6/c19-8-2-6(9-3-27-11(4-26-9)18(23,24)25)1-7(17(20,21)22)15(8)33-16-14(31)13(30)12(29)10(5-28)32-16/h1-4,10,12-14,16,28-31H,5H2/t10-,12-,13+,14+,16-/m1/s1. The summed E-state index contributed by atoms with van der Waals surface area (Å²) in [4.78, 5) is 6.42. The van der Waals surface area contributed by atoms with Crippen LogP contribution in [0.2, 0.25) is 0 Å². The van der Waals surface area contributed by atoms with Gasteiger partial charge in [-0.05, 0) is 12.1 Å². The number of aliphatic hydroxyl groups excluding tert-OH is 4. The Labute approximate surface area is 179 Å². The quantitative estimate of drug-likeness (QED) is 0.478. The topological polar surface area (TPSA) is 125 Å². The summed E-state index contributed by atoms with van der Waals surface area (Å²) in [6, 6.07) is 0.811. The van der Waals surface area contributed by atoms with E-state index in [4.69, 9.17) is 14.6 Å². The van der Waals surface area contributed by atoms with E-state index < -0.39 is 83.7 Å². The number of nitrogens with zero attached hydrogens (tertiary/aromatic N) is 2. The third-order valence-corrected chi connectivity index (χ3v) is 4.67. The number of alkyl halides is 6. The van der Waals surface area contributed by atoms with Crippen molar-refractivity contribution >= 4 is 0 Å². The molecule has 8 nitrogen and oxygen atoms in total. The first-order valence-electron chi connectivity index (χ1n) is 9.01. The van der Waals surface area contributed by atoms with E-state index in [2.05, 4.69) is 9.97 Å². The minimum atomic E-state index is -5.25. The molecule has 0 aliphatic carbocycles. The van der Waals surface area contributed by atoms with Crippen LogP contribution >= 0.6 is 0 Å². The van der Waals surface area contributed by atoms with E-state index in [0.717, 1.165) is 0 Å². The zero-order chi connectivity index (χ0) is 24.7. The molecule has 1 aliphatic rings. The highest BCUT2D eigenvalue weighted by Crippen LogP contribution is 2.41. The summed E-state index contributed by atoms with van der Waals surface area (Å²) in [5.74, 6) is -3.12. The summed E-state index contributed by atoms with van der Waals surface area (Å²) >= 11 is 0. The summed E-state index contributed by atoms with van der Waals surface area (Å²) in [5, 5.41) is 38.5. The number of aliphatic hydroxyl groups is 4. The van der Waals surface area contributed by atoms with Gasteiger partial charge in [0.2, 0.25) is 6.29 Å². The van der Waals surface area contributed by atoms with Crippen LogP contribution in [0.25, 0.3) is 11.3 Å². The number of benzene rings is 1. The van der Waals surface area contributed by atoms with E-state index in [-0.39, 0.29) is 6.20 Å². The fraction of sp³-hybridized carbons (Fsp3) is 0.444. The van der Waals surface area contributed by atoms with Crippen LogP contribution < -0.4 is 4.74 Å². The molecule has 0 unspecified atom stereocenters. The molecule has 1 aromatic heterocycles. The number of ether oxygens (including phenoxy) is 2. The summed E-state index contributed by atoms with van der Waals surface area (Å²) in [6.07, 6.45) is -18.9. The number of hydrogen-bond acceptors (Lipinski definition) is 8. The van der Waals surface area contributed by atoms with Crippen LogP contribution in [0.1, 0.15) is 11.3 Å². The van der Waals surface area contributed by atoms with Gasteiger partial charge in [0.15, 0.2) is 17.3 Å². The third-order valence-electron chi connectivity index (χ3n) is 4.67. The summed E-state index contributed by atoms with van der Waals surface area (Å²) in [7, 11) is 0. The lowest BCUT2D eigenvalue weighted by atomic mass is 9.99. The third kappa shape index (κ3) is 5.16. The van der Waals surface area contributed by atoms with Gasteiger partial charge in [-0.15, -0.1) is 0 Å². The first-order valence-corrected chi connectivity index (χ1v) is 9.01. The molecule has 4 N–H and O–H groups in total. The molecule has 15 heteroatoms. The lowest BCUT2D eigenvalue weighted by molar-refractivity contribution is -0.278. The van der Waals surface area contributed by atoms with Crippen LogP contribution in [0, 0.1) is 5.82 Å². The molecule has 0 saturated carbocycles. The van der Waals surface area contributed by atoms with Gasteiger partial charge in [-0.3, -0.25) is 4.98 Å². The average Bonchev–Trinajstić information content (AvgIpc) is 2.73. The Morgan fingerprint density at radius 1 is 0.909 bits per heavy atom. The van der Waals surface area contributed by atoms with E-state index in [9.17, 15) is 46.1 Å². The molecule has 33 heavy (non-hydrogen) atoms. The maximum atomic E-state index is 14.7. The Kier molecular flexibility index (Phi) is 6.82. The van der Waals surface area contributed by atoms with E-state index in [0.29, 0.717) is 18.3 Å². The van der Waals surface area contributed by atoms with Gasteiger partial charge < -0.3 is 29.9 Å². The Bertz CT molecular complexity index is 984. The molecule has 1 aliphatic heterocycles. The van der Waals surface area contributed by atoms with E-state index >= 15 is 0 Å². The van der Waals surface area contributed by atoms with Gasteiger partial charge in [0, 0.05) is 5.56 Å². The van der Waals surface area contributed by atoms with E-state index in [1.807, 2.05) is 0 Å². The monoisotopic (exact) mass is 488 g/mol. The van der Waals surface area contributed by atoms with Crippen LogP contribution in [0.4, 0.5) is 30.7 Å². The van der Waals surface area contributed by atoms with Crippen molar-refractivity contribution < 1.29 is 60.6 Å². The smallest absolute Gasteiger partial charge is 0.434 e. The number of hydrogen-bond donors (Lipinski definition) is 4. The lowest BCUT2D eigenvalue weighted by Gasteiger charge is -2.39. The molecule has 0 amide bonds. The highest BCUT2D eigenvalue weighted by atomic mass is 19.4. The van der Waals surface area contributed by atoms with Crippen molar-refractivity contribution in [2.75, 3.05) is 6.61 Å². The normalized spacial score (nSPS) is 26.3. The summed E-state index contributed by atoms with van der Waals surface area (Å²) in [5.41, 5.74) is -4.24. The van der Waals surface area contributed by atoms with Gasteiger partial charge in [0.25, 0.3) is 0 Å². The molecule has 182 valence electrons. The van der Waals surface area contributed by atoms with Crippen molar-refractivity contribution in [2.45, 2.75) is 43.1 Å². The fourth-order valence-corrected chi connectivity index (χ4v) is 2.98. The minimum Gasteiger partial charge on any atom is -0.458 e. The van der Waals surface area contributed by atoms with Crippen molar-refractivity contribution in [1.82, 2.24) is 9.97 Å². The first-order chi connectivity index (χ1) is 15.2. The second-order valence-electron chi connectivity index (χ2n) is 6.93. The molecule has 3 rings (SSSR count). The van der Waals surface area contributed by atoms with Gasteiger partial charge in [-0.25, -0.2) is 9.37 Å². The highest BCUT2D eigenvalue weighted by molar-refractivity contribution is 5.62. The average molecular weight is 488 g/mol. The van der Waals surface area contributed by atoms with Crippen molar-refractivity contribution in [2.24, 2.45) is 0 Å². The molecular weight excluding hydrogens is 473 g/mol. The van der Waals surface area contributed by atoms with Gasteiger partial charge in [0.05, 0.1) is 24.7 Å². The summed E-state index contributed by atoms with van der Waals surface area (Å²) < 4.78 is 103. The lowest BCUT2D eigenvalue weighted by Crippen LogP contribution is -2.60. The molecule has 0 bridgehead atoms. The van der Waals surface area contributed by atoms with Crippen LogP contribution in [0.3, 0.4) is 0 Å². The predicted molar refractivity (Wildman–Crippen MR) is 91.8 cm³/mol.